The Bertz CT molecular complexity index is 4050. The molecule has 8 rings (SSSR count). The highest BCUT2D eigenvalue weighted by Gasteiger charge is 2.48. The first-order valence-corrected chi connectivity index (χ1v) is 43.7. The topological polar surface area (TPSA) is 74.5 Å². The van der Waals surface area contributed by atoms with Crippen molar-refractivity contribution < 1.29 is 145 Å². The minimum absolute atomic E-state index is 0.536. The summed E-state index contributed by atoms with van der Waals surface area (Å²) in [5.74, 6) is -90.7. The van der Waals surface area contributed by atoms with E-state index in [1.165, 1.54) is 231 Å². The van der Waals surface area contributed by atoms with Crippen LogP contribution in [0.3, 0.4) is 0 Å². The molecule has 694 valence electrons. The van der Waals surface area contributed by atoms with E-state index >= 15 is 0 Å². The number of carboxylic acids is 1. The van der Waals surface area contributed by atoms with Crippen LogP contribution in [-0.4, -0.2) is 76.4 Å². The highest BCUT2D eigenvalue weighted by atomic mass is 27.2. The molecule has 0 bridgehead atoms. The van der Waals surface area contributed by atoms with E-state index in [1.54, 1.807) is 24.3 Å². The molecule has 1 aliphatic heterocycles. The van der Waals surface area contributed by atoms with Crippen molar-refractivity contribution >= 4 is 79.1 Å². The van der Waals surface area contributed by atoms with Gasteiger partial charge in [0, 0.05) is 50.8 Å². The van der Waals surface area contributed by atoms with E-state index in [-0.39, 0.29) is 0 Å². The van der Waals surface area contributed by atoms with Crippen LogP contribution in [0, 0.1) is 175 Å². The van der Waals surface area contributed by atoms with Gasteiger partial charge in [-0.15, -0.1) is 0 Å². The molecule has 0 aliphatic carbocycles. The lowest BCUT2D eigenvalue weighted by Crippen LogP contribution is -2.60. The Morgan fingerprint density at radius 1 is 0.286 bits per heavy atom. The predicted octanol–water partition coefficient (Wildman–Crippen LogP) is 24.5. The second-order valence-electron chi connectivity index (χ2n) is 30.3. The molecule has 0 saturated carbocycles. The van der Waals surface area contributed by atoms with Crippen molar-refractivity contribution in [3.8, 4) is 5.75 Å². The molecule has 7 aromatic rings. The first kappa shape index (κ1) is 108. The van der Waals surface area contributed by atoms with Crippen LogP contribution in [0.5, 0.6) is 5.75 Å². The van der Waals surface area contributed by atoms with Crippen LogP contribution < -0.4 is 36.6 Å². The van der Waals surface area contributed by atoms with Crippen molar-refractivity contribution in [3.05, 3.63) is 204 Å². The molecule has 0 aromatic heterocycles. The molecule has 1 N–H and O–H groups in total. The summed E-state index contributed by atoms with van der Waals surface area (Å²) in [5, 5.41) is 11.5. The smallest absolute Gasteiger partial charge is 0.546 e. The first-order chi connectivity index (χ1) is 59.7. The van der Waals surface area contributed by atoms with Crippen molar-refractivity contribution in [1.29, 1.82) is 0 Å². The number of aliphatic carboxylic acids is 1. The van der Waals surface area contributed by atoms with E-state index in [4.69, 9.17) is 3.79 Å². The number of carbonyl (C=O) groups is 1. The third kappa shape index (κ3) is 27.6. The highest BCUT2D eigenvalue weighted by molar-refractivity contribution is 6.96. The molecule has 0 radical (unpaired) electrons. The van der Waals surface area contributed by atoms with Crippen LogP contribution in [0.4, 0.5) is 132 Å². The predicted molar refractivity (Wildman–Crippen MR) is 423 cm³/mol. The monoisotopic (exact) mass is 1850 g/mol. The standard InChI is InChI=1S/C37H77N.2C18BF15.C10H8N2O3.2C2H5.Al/c1-4-6-8-10-12-14-16-18-20-22-24-26-28-30-32-34-36-38(3)37-35-33-31-29-27-25-23-21-19-17-15-13-11-9-7-5-2;2*20-4-1(5(21)11(27)16(32)10(4)26)19(2-6(22)12(28)17(33)13(29)7(2)23)3-8(24)14(30)18(34)15(31)9(3)25;13-8-3-1-7(2-4-8)10(9(14)15)11-5-6-12-10;2*1-2;/h4-37H2,1-3H3;;;1-6,13H,(H,14,15);2*1H2,2H3;/q;;;;;;+1/p-1. The Hall–Kier alpha value is -8.33. The second-order valence-corrected chi connectivity index (χ2v) is 33.4. The number of benzene rings is 7. The van der Waals surface area contributed by atoms with E-state index < -0.39 is 247 Å². The second kappa shape index (κ2) is 53.0. The third-order valence-corrected chi connectivity index (χ3v) is 23.8. The zero-order valence-corrected chi connectivity index (χ0v) is 70.8. The summed E-state index contributed by atoms with van der Waals surface area (Å²) in [7, 11) is 2.34. The van der Waals surface area contributed by atoms with Crippen LogP contribution in [0.1, 0.15) is 239 Å². The van der Waals surface area contributed by atoms with Gasteiger partial charge in [-0.1, -0.05) is 243 Å². The Morgan fingerprint density at radius 3 is 0.619 bits per heavy atom. The van der Waals surface area contributed by atoms with Gasteiger partial charge in [-0.25, -0.2) is 146 Å². The van der Waals surface area contributed by atoms with E-state index in [2.05, 4.69) is 49.6 Å². The maximum atomic E-state index is 14.4. The molecule has 39 heteroatoms. The Balaban J connectivity index is 0.000000304. The van der Waals surface area contributed by atoms with Gasteiger partial charge in [-0.2, -0.15) is 0 Å². The van der Waals surface area contributed by atoms with Crippen molar-refractivity contribution in [2.24, 2.45) is 9.98 Å². The van der Waals surface area contributed by atoms with Crippen molar-refractivity contribution in [2.45, 2.75) is 249 Å². The van der Waals surface area contributed by atoms with Gasteiger partial charge in [0.15, 0.2) is 175 Å². The summed E-state index contributed by atoms with van der Waals surface area (Å²) in [6.45, 7) is 3.60. The largest absolute Gasteiger partial charge is 0.643 e. The number of rotatable bonds is 46. The van der Waals surface area contributed by atoms with Crippen LogP contribution in [0.2, 0.25) is 10.6 Å². The lowest BCUT2D eigenvalue weighted by atomic mass is 9.36. The SMILES string of the molecule is CCCCCCCCCCCCCCCCCCN(C)CCCCCCCCCCCCCCCCCC.C[CH2][Al]([CH2]C)[O]c1ccc(C2(C(=O)O)N=CC=N2)cc1.Fc1c(F)c(F)c(B(c2c(F)c(F)c(F)c(F)c2F)c2c(F)c(F)c(F)c(F)c2F)c(F)c1F.Fc1c(F)c(F)c(B(c2c(F)c(F)c(F)c(F)c2F)c2c(F)c(F)c(F)c(F)c2F)c(F)c1F. The van der Waals surface area contributed by atoms with Crippen molar-refractivity contribution in [3.63, 3.8) is 0 Å². The molecule has 0 amide bonds. The van der Waals surface area contributed by atoms with Gasteiger partial charge in [0.25, 0.3) is 19.1 Å². The number of aliphatic imine (C=N–C) groups is 2. The van der Waals surface area contributed by atoms with Gasteiger partial charge in [-0.05, 0) is 45.1 Å². The van der Waals surface area contributed by atoms with E-state index in [0.29, 0.717) is 5.56 Å². The quantitative estimate of drug-likeness (QED) is 0.0136. The van der Waals surface area contributed by atoms with Gasteiger partial charge >= 0.3 is 20.5 Å². The Labute approximate surface area is 716 Å². The number of hydrogen-bond donors (Lipinski definition) is 1. The first-order valence-electron chi connectivity index (χ1n) is 41.6. The Morgan fingerprint density at radius 2 is 0.452 bits per heavy atom. The van der Waals surface area contributed by atoms with Gasteiger partial charge < -0.3 is 13.8 Å². The molecule has 7 aromatic carbocycles. The molecule has 0 unspecified atom stereocenters. The van der Waals surface area contributed by atoms with Gasteiger partial charge in [0.05, 0.1) is 5.75 Å². The number of halogens is 30. The van der Waals surface area contributed by atoms with Crippen LogP contribution >= 0.6 is 0 Å². The van der Waals surface area contributed by atoms with Gasteiger partial charge in [0.1, 0.15) is 0 Å². The number of unbranched alkanes of at least 4 members (excludes halogenated alkanes) is 30. The molecule has 0 saturated heterocycles. The fourth-order valence-electron chi connectivity index (χ4n) is 14.2. The Kier molecular flexibility index (Phi) is 45.5. The van der Waals surface area contributed by atoms with Crippen LogP contribution in [0.25, 0.3) is 0 Å². The molecule has 0 fully saturated rings. The zero-order valence-electron chi connectivity index (χ0n) is 69.6. The molecule has 1 aliphatic rings. The van der Waals surface area contributed by atoms with Crippen molar-refractivity contribution in [2.75, 3.05) is 20.1 Å². The maximum absolute atomic E-state index is 14.4. The lowest BCUT2D eigenvalue weighted by Gasteiger charge is -2.21. The summed E-state index contributed by atoms with van der Waals surface area (Å²) < 4.78 is 423. The summed E-state index contributed by atoms with van der Waals surface area (Å²) in [6.07, 6.45) is 49.6. The minimum Gasteiger partial charge on any atom is -0.643 e. The van der Waals surface area contributed by atoms with Gasteiger partial charge in [-0.3, -0.25) is 0 Å². The normalized spacial score (nSPS) is 12.1. The maximum Gasteiger partial charge on any atom is 0.546 e. The molecule has 6 nitrogen and oxygen atoms in total. The third-order valence-electron chi connectivity index (χ3n) is 21.3. The molecular weight excluding hydrogens is 1750 g/mol. The van der Waals surface area contributed by atoms with Gasteiger partial charge in [0.2, 0.25) is 0 Å². The molecular formula is C87H94AlB2F30N3O3. The number of hydrogen-bond acceptors (Lipinski definition) is 5. The summed E-state index contributed by atoms with van der Waals surface area (Å²) in [6, 6.07) is 7.05. The minimum atomic E-state index is -3.96. The van der Waals surface area contributed by atoms with Crippen LogP contribution in [0.15, 0.2) is 34.3 Å². The van der Waals surface area contributed by atoms with E-state index in [1.807, 2.05) is 0 Å². The molecule has 126 heavy (non-hydrogen) atoms. The fraction of sp³-hybridized carbons (Fsp3) is 0.483. The number of nitrogens with zero attached hydrogens (tertiary/aromatic N) is 3. The van der Waals surface area contributed by atoms with E-state index in [0.717, 1.165) is 16.3 Å². The summed E-state index contributed by atoms with van der Waals surface area (Å²) in [5.41, 5.74) is -17.1. The molecule has 1 heterocycles. The zero-order chi connectivity index (χ0) is 94.1. The number of carboxylic acid groups (broad SMARTS) is 1. The summed E-state index contributed by atoms with van der Waals surface area (Å²) in [4.78, 5) is 22.0. The lowest BCUT2D eigenvalue weighted by molar-refractivity contribution is -0.143. The summed E-state index contributed by atoms with van der Waals surface area (Å²) >= 11 is -1.17. The fourth-order valence-corrected chi connectivity index (χ4v) is 15.7. The van der Waals surface area contributed by atoms with Crippen molar-refractivity contribution in [1.82, 2.24) is 4.90 Å². The molecule has 0 atom stereocenters. The average Bonchev–Trinajstić information content (AvgIpc) is 0.892. The van der Waals surface area contributed by atoms with E-state index in [9.17, 15) is 142 Å². The highest BCUT2D eigenvalue weighted by Crippen LogP contribution is 2.33. The molecule has 0 spiro atoms. The average molecular weight is 1850 g/mol. The van der Waals surface area contributed by atoms with Crippen LogP contribution in [-0.2, 0) is 10.5 Å².